The van der Waals surface area contributed by atoms with Gasteiger partial charge in [-0.05, 0) is 12.1 Å². The molecule has 0 unspecified atom stereocenters. The van der Waals surface area contributed by atoms with E-state index in [1.54, 1.807) is 18.2 Å². The van der Waals surface area contributed by atoms with Crippen LogP contribution in [-0.2, 0) is 0 Å². The van der Waals surface area contributed by atoms with Crippen LogP contribution < -0.4 is 10.1 Å². The van der Waals surface area contributed by atoms with E-state index in [-0.39, 0.29) is 11.4 Å². The molecule has 0 aromatic heterocycles. The number of ether oxygens (including phenoxy) is 1. The molecule has 1 rings (SSSR count). The van der Waals surface area contributed by atoms with Crippen molar-refractivity contribution in [2.75, 3.05) is 17.7 Å². The third-order valence-corrected chi connectivity index (χ3v) is 1.96. The van der Waals surface area contributed by atoms with Crippen LogP contribution in [0.3, 0.4) is 0 Å². The Labute approximate surface area is 102 Å². The van der Waals surface area contributed by atoms with Gasteiger partial charge in [0.1, 0.15) is 0 Å². The lowest BCUT2D eigenvalue weighted by Gasteiger charge is -2.13. The molecule has 0 fully saturated rings. The van der Waals surface area contributed by atoms with Gasteiger partial charge < -0.3 is 10.1 Å². The maximum atomic E-state index is 12.1. The van der Waals surface area contributed by atoms with Crippen LogP contribution >= 0.6 is 11.6 Å². The molecule has 1 aromatic carbocycles. The zero-order valence-electron chi connectivity index (χ0n) is 8.80. The summed E-state index contributed by atoms with van der Waals surface area (Å²) in [4.78, 5) is 0. The van der Waals surface area contributed by atoms with Gasteiger partial charge in [0.2, 0.25) is 0 Å². The van der Waals surface area contributed by atoms with Crippen molar-refractivity contribution in [1.82, 2.24) is 0 Å². The normalized spacial score (nSPS) is 11.8. The Morgan fingerprint density at radius 3 is 2.59 bits per heavy atom. The molecule has 0 aliphatic rings. The highest BCUT2D eigenvalue weighted by Gasteiger charge is 2.31. The van der Waals surface area contributed by atoms with Crippen molar-refractivity contribution in [3.63, 3.8) is 0 Å². The molecule has 94 valence electrons. The molecule has 0 spiro atoms. The van der Waals surface area contributed by atoms with E-state index in [2.05, 4.69) is 10.1 Å². The number of para-hydroxylation sites is 2. The molecular weight excluding hydrogens is 255 g/mol. The summed E-state index contributed by atoms with van der Waals surface area (Å²) >= 11 is 5.41. The molecule has 2 nitrogen and oxygen atoms in total. The van der Waals surface area contributed by atoms with E-state index in [9.17, 15) is 13.2 Å². The lowest BCUT2D eigenvalue weighted by molar-refractivity contribution is -0.274. The first kappa shape index (κ1) is 13.7. The van der Waals surface area contributed by atoms with Crippen molar-refractivity contribution in [3.05, 3.63) is 36.4 Å². The lowest BCUT2D eigenvalue weighted by Crippen LogP contribution is -2.18. The average molecular weight is 266 g/mol. The SMILES string of the molecule is FC(F)(F)Oc1ccccc1NC/C=C/CCl. The van der Waals surface area contributed by atoms with Crippen LogP contribution in [0.5, 0.6) is 5.75 Å². The second kappa shape index (κ2) is 6.39. The Balaban J connectivity index is 2.67. The molecule has 0 saturated carbocycles. The number of hydrogen-bond acceptors (Lipinski definition) is 2. The number of allylic oxidation sites excluding steroid dienone is 1. The van der Waals surface area contributed by atoms with E-state index in [0.29, 0.717) is 12.4 Å². The predicted molar refractivity (Wildman–Crippen MR) is 61.5 cm³/mol. The minimum Gasteiger partial charge on any atom is -0.404 e. The van der Waals surface area contributed by atoms with Crippen LogP contribution in [0, 0.1) is 0 Å². The van der Waals surface area contributed by atoms with Gasteiger partial charge in [-0.25, -0.2) is 0 Å². The van der Waals surface area contributed by atoms with Gasteiger partial charge >= 0.3 is 6.36 Å². The summed E-state index contributed by atoms with van der Waals surface area (Å²) in [6.07, 6.45) is -1.27. The van der Waals surface area contributed by atoms with Gasteiger partial charge in [0, 0.05) is 12.4 Å². The molecule has 0 bridgehead atoms. The number of hydrogen-bond donors (Lipinski definition) is 1. The van der Waals surface area contributed by atoms with Crippen molar-refractivity contribution in [2.24, 2.45) is 0 Å². The smallest absolute Gasteiger partial charge is 0.404 e. The zero-order chi connectivity index (χ0) is 12.7. The van der Waals surface area contributed by atoms with Gasteiger partial charge in [-0.15, -0.1) is 24.8 Å². The van der Waals surface area contributed by atoms with Crippen LogP contribution in [0.15, 0.2) is 36.4 Å². The molecule has 0 atom stereocenters. The summed E-state index contributed by atoms with van der Waals surface area (Å²) < 4.78 is 40.1. The van der Waals surface area contributed by atoms with Gasteiger partial charge in [0.05, 0.1) is 5.69 Å². The molecule has 1 N–H and O–H groups in total. The standard InChI is InChI=1S/C11H11ClF3NO/c12-7-3-4-8-16-9-5-1-2-6-10(9)17-11(13,14)15/h1-6,16H,7-8H2/b4-3+. The maximum Gasteiger partial charge on any atom is 0.573 e. The van der Waals surface area contributed by atoms with E-state index < -0.39 is 6.36 Å². The first-order valence-corrected chi connectivity index (χ1v) is 5.36. The van der Waals surface area contributed by atoms with Gasteiger partial charge in [-0.2, -0.15) is 0 Å². The van der Waals surface area contributed by atoms with Crippen molar-refractivity contribution in [1.29, 1.82) is 0 Å². The first-order chi connectivity index (χ1) is 8.03. The summed E-state index contributed by atoms with van der Waals surface area (Å²) in [6.45, 7) is 0.380. The number of nitrogens with one attached hydrogen (secondary N) is 1. The van der Waals surface area contributed by atoms with Crippen molar-refractivity contribution in [3.8, 4) is 5.75 Å². The van der Waals surface area contributed by atoms with Gasteiger partial charge in [0.25, 0.3) is 0 Å². The third-order valence-electron chi connectivity index (χ3n) is 1.78. The minimum absolute atomic E-state index is 0.251. The van der Waals surface area contributed by atoms with Crippen LogP contribution in [0.2, 0.25) is 0 Å². The van der Waals surface area contributed by atoms with Crippen molar-refractivity contribution < 1.29 is 17.9 Å². The fourth-order valence-corrected chi connectivity index (χ4v) is 1.27. The molecule has 0 radical (unpaired) electrons. The molecule has 1 aromatic rings. The van der Waals surface area contributed by atoms with Crippen LogP contribution in [0.25, 0.3) is 0 Å². The number of halogens is 4. The summed E-state index contributed by atoms with van der Waals surface area (Å²) in [5.74, 6) is 0.113. The predicted octanol–water partition coefficient (Wildman–Crippen LogP) is 3.79. The van der Waals surface area contributed by atoms with Gasteiger partial charge in [0.15, 0.2) is 5.75 Å². The molecule has 0 aliphatic carbocycles. The minimum atomic E-state index is -4.69. The van der Waals surface area contributed by atoms with Crippen molar-refractivity contribution >= 4 is 17.3 Å². The van der Waals surface area contributed by atoms with Crippen LogP contribution in [0.4, 0.5) is 18.9 Å². The van der Waals surface area contributed by atoms with Crippen LogP contribution in [-0.4, -0.2) is 18.8 Å². The number of benzene rings is 1. The monoisotopic (exact) mass is 265 g/mol. The van der Waals surface area contributed by atoms with Gasteiger partial charge in [-0.3, -0.25) is 0 Å². The molecule has 17 heavy (non-hydrogen) atoms. The topological polar surface area (TPSA) is 21.3 Å². The second-order valence-electron chi connectivity index (χ2n) is 3.05. The number of anilines is 1. The van der Waals surface area contributed by atoms with Crippen LogP contribution in [0.1, 0.15) is 0 Å². The Bertz CT molecular complexity index is 379. The van der Waals surface area contributed by atoms with E-state index in [0.717, 1.165) is 0 Å². The van der Waals surface area contributed by atoms with Gasteiger partial charge in [-0.1, -0.05) is 24.3 Å². The lowest BCUT2D eigenvalue weighted by atomic mass is 10.3. The second-order valence-corrected chi connectivity index (χ2v) is 3.36. The molecule has 0 heterocycles. The summed E-state index contributed by atoms with van der Waals surface area (Å²) in [5, 5.41) is 2.80. The Morgan fingerprint density at radius 2 is 1.94 bits per heavy atom. The van der Waals surface area contributed by atoms with E-state index in [1.807, 2.05) is 0 Å². The third kappa shape index (κ3) is 5.49. The Kier molecular flexibility index (Phi) is 5.15. The fourth-order valence-electron chi connectivity index (χ4n) is 1.14. The Morgan fingerprint density at radius 1 is 1.24 bits per heavy atom. The van der Waals surface area contributed by atoms with E-state index in [4.69, 9.17) is 11.6 Å². The summed E-state index contributed by atoms with van der Waals surface area (Å²) in [7, 11) is 0. The highest BCUT2D eigenvalue weighted by Crippen LogP contribution is 2.29. The molecular formula is C11H11ClF3NO. The highest BCUT2D eigenvalue weighted by atomic mass is 35.5. The number of rotatable bonds is 5. The van der Waals surface area contributed by atoms with E-state index >= 15 is 0 Å². The van der Waals surface area contributed by atoms with Crippen molar-refractivity contribution in [2.45, 2.75) is 6.36 Å². The first-order valence-electron chi connectivity index (χ1n) is 4.82. The zero-order valence-corrected chi connectivity index (χ0v) is 9.55. The largest absolute Gasteiger partial charge is 0.573 e. The fraction of sp³-hybridized carbons (Fsp3) is 0.273. The quantitative estimate of drug-likeness (QED) is 0.646. The van der Waals surface area contributed by atoms with E-state index in [1.165, 1.54) is 18.2 Å². The highest BCUT2D eigenvalue weighted by molar-refractivity contribution is 6.18. The molecule has 0 amide bonds. The molecule has 0 aliphatic heterocycles. The summed E-state index contributed by atoms with van der Waals surface area (Å²) in [5.41, 5.74) is 0.282. The summed E-state index contributed by atoms with van der Waals surface area (Å²) in [6, 6.07) is 5.86. The average Bonchev–Trinajstić information content (AvgIpc) is 2.24. The number of alkyl halides is 4. The Hall–Kier alpha value is -1.36. The molecule has 6 heteroatoms. The molecule has 0 saturated heterocycles. The maximum absolute atomic E-state index is 12.1.